The number of hydrogen-bond donors (Lipinski definition) is 1. The number of nitrogens with one attached hydrogen (secondary N) is 1. The van der Waals surface area contributed by atoms with Gasteiger partial charge in [0.1, 0.15) is 11.9 Å². The third-order valence-electron chi connectivity index (χ3n) is 5.83. The van der Waals surface area contributed by atoms with E-state index in [4.69, 9.17) is 9.47 Å². The van der Waals surface area contributed by atoms with Crippen molar-refractivity contribution < 1.29 is 19.1 Å². The fourth-order valence-corrected chi connectivity index (χ4v) is 4.03. The lowest BCUT2D eigenvalue weighted by Crippen LogP contribution is -2.37. The monoisotopic (exact) mass is 422 g/mol. The number of benzene rings is 2. The van der Waals surface area contributed by atoms with Crippen molar-refractivity contribution in [3.63, 3.8) is 0 Å². The first kappa shape index (κ1) is 21.4. The molecule has 6 heteroatoms. The molecule has 2 heterocycles. The minimum absolute atomic E-state index is 0.0155. The van der Waals surface area contributed by atoms with Gasteiger partial charge in [-0.05, 0) is 60.1 Å². The first-order valence-electron chi connectivity index (χ1n) is 10.9. The minimum Gasteiger partial charge on any atom is -0.484 e. The van der Waals surface area contributed by atoms with Crippen LogP contribution >= 0.6 is 0 Å². The maximum Gasteiger partial charge on any atom is 0.262 e. The number of nitrogens with zero attached hydrogens (tertiary/aromatic N) is 1. The van der Waals surface area contributed by atoms with Crippen LogP contribution in [0.5, 0.6) is 5.75 Å². The van der Waals surface area contributed by atoms with Crippen LogP contribution in [0.1, 0.15) is 44.7 Å². The van der Waals surface area contributed by atoms with E-state index in [0.717, 1.165) is 30.5 Å². The number of hydrogen-bond acceptors (Lipinski definition) is 4. The van der Waals surface area contributed by atoms with E-state index in [1.54, 1.807) is 4.90 Å². The summed E-state index contributed by atoms with van der Waals surface area (Å²) < 4.78 is 11.2. The molecule has 0 saturated carbocycles. The van der Waals surface area contributed by atoms with Crippen LogP contribution in [0.25, 0.3) is 0 Å². The smallest absolute Gasteiger partial charge is 0.262 e. The molecule has 1 atom stereocenters. The average molecular weight is 423 g/mol. The Bertz CT molecular complexity index is 956. The summed E-state index contributed by atoms with van der Waals surface area (Å²) in [6, 6.07) is 13.5. The van der Waals surface area contributed by atoms with Gasteiger partial charge in [0.15, 0.2) is 6.61 Å². The first-order valence-corrected chi connectivity index (χ1v) is 10.9. The quantitative estimate of drug-likeness (QED) is 0.789. The van der Waals surface area contributed by atoms with Gasteiger partial charge in [-0.3, -0.25) is 9.59 Å². The summed E-state index contributed by atoms with van der Waals surface area (Å²) in [6.45, 7) is 7.68. The Hall–Kier alpha value is -2.86. The van der Waals surface area contributed by atoms with Crippen molar-refractivity contribution >= 4 is 23.2 Å². The predicted octanol–water partition coefficient (Wildman–Crippen LogP) is 4.07. The Morgan fingerprint density at radius 3 is 2.61 bits per heavy atom. The molecule has 164 valence electrons. The van der Waals surface area contributed by atoms with Gasteiger partial charge in [0.05, 0.1) is 0 Å². The largest absolute Gasteiger partial charge is 0.484 e. The van der Waals surface area contributed by atoms with Crippen LogP contribution in [0.4, 0.5) is 11.4 Å². The lowest BCUT2D eigenvalue weighted by molar-refractivity contribution is -0.127. The van der Waals surface area contributed by atoms with Gasteiger partial charge in [-0.25, -0.2) is 0 Å². The summed E-state index contributed by atoms with van der Waals surface area (Å²) >= 11 is 0. The molecule has 1 N–H and O–H groups in total. The minimum atomic E-state index is -0.345. The lowest BCUT2D eigenvalue weighted by Gasteiger charge is -2.21. The third-order valence-corrected chi connectivity index (χ3v) is 5.83. The molecule has 0 bridgehead atoms. The maximum atomic E-state index is 12.8. The summed E-state index contributed by atoms with van der Waals surface area (Å²) in [4.78, 5) is 27.0. The van der Waals surface area contributed by atoms with E-state index in [-0.39, 0.29) is 29.9 Å². The summed E-state index contributed by atoms with van der Waals surface area (Å²) in [7, 11) is 0. The highest BCUT2D eigenvalue weighted by Crippen LogP contribution is 2.32. The molecule has 0 aromatic heterocycles. The van der Waals surface area contributed by atoms with E-state index >= 15 is 0 Å². The third kappa shape index (κ3) is 4.90. The van der Waals surface area contributed by atoms with Gasteiger partial charge in [0.25, 0.3) is 11.8 Å². The molecule has 0 spiro atoms. The van der Waals surface area contributed by atoms with Crippen molar-refractivity contribution in [1.82, 2.24) is 0 Å². The SMILES string of the molecule is CC(C)(C)c1ccc(OCC(=O)Nc2ccc3c(c2)N(C(=O)[C@H]2CCCO2)CC3)cc1. The molecule has 2 aromatic carbocycles. The molecule has 2 amide bonds. The molecule has 4 rings (SSSR count). The Morgan fingerprint density at radius 2 is 1.94 bits per heavy atom. The Kier molecular flexibility index (Phi) is 6.01. The lowest BCUT2D eigenvalue weighted by atomic mass is 9.87. The number of fused-ring (bicyclic) bond motifs is 1. The number of carbonyl (C=O) groups is 2. The van der Waals surface area contributed by atoms with Crippen LogP contribution in [0.3, 0.4) is 0 Å². The molecular weight excluding hydrogens is 392 g/mol. The van der Waals surface area contributed by atoms with Crippen molar-refractivity contribution in [2.24, 2.45) is 0 Å². The fraction of sp³-hybridized carbons (Fsp3) is 0.440. The Morgan fingerprint density at radius 1 is 1.16 bits per heavy atom. The number of amides is 2. The van der Waals surface area contributed by atoms with E-state index in [1.807, 2.05) is 42.5 Å². The van der Waals surface area contributed by atoms with Crippen molar-refractivity contribution in [3.8, 4) is 5.75 Å². The molecule has 0 unspecified atom stereocenters. The zero-order valence-corrected chi connectivity index (χ0v) is 18.4. The average Bonchev–Trinajstić information content (AvgIpc) is 3.41. The number of ether oxygens (including phenoxy) is 2. The van der Waals surface area contributed by atoms with Crippen molar-refractivity contribution in [3.05, 3.63) is 53.6 Å². The van der Waals surface area contributed by atoms with Crippen LogP contribution in [0.2, 0.25) is 0 Å². The molecular formula is C25H30N2O4. The van der Waals surface area contributed by atoms with Gasteiger partial charge < -0.3 is 19.7 Å². The van der Waals surface area contributed by atoms with Crippen LogP contribution in [-0.4, -0.2) is 37.7 Å². The van der Waals surface area contributed by atoms with Crippen molar-refractivity contribution in [1.29, 1.82) is 0 Å². The predicted molar refractivity (Wildman–Crippen MR) is 121 cm³/mol. The fourth-order valence-electron chi connectivity index (χ4n) is 4.03. The van der Waals surface area contributed by atoms with E-state index in [9.17, 15) is 9.59 Å². The standard InChI is InChI=1S/C25H30N2O4/c1-25(2,3)18-7-10-20(11-8-18)31-16-23(28)26-19-9-6-17-12-13-27(21(17)15-19)24(29)22-5-4-14-30-22/h6-11,15,22H,4-5,12-14,16H2,1-3H3,(H,26,28)/t22-/m1/s1. The van der Waals surface area contributed by atoms with Gasteiger partial charge >= 0.3 is 0 Å². The molecule has 1 saturated heterocycles. The highest BCUT2D eigenvalue weighted by atomic mass is 16.5. The van der Waals surface area contributed by atoms with E-state index in [0.29, 0.717) is 24.6 Å². The topological polar surface area (TPSA) is 67.9 Å². The van der Waals surface area contributed by atoms with E-state index in [2.05, 4.69) is 26.1 Å². The maximum absolute atomic E-state index is 12.8. The van der Waals surface area contributed by atoms with Crippen LogP contribution in [0.15, 0.2) is 42.5 Å². The normalized spacial score (nSPS) is 18.0. The second-order valence-electron chi connectivity index (χ2n) is 9.20. The highest BCUT2D eigenvalue weighted by molar-refractivity contribution is 6.00. The van der Waals surface area contributed by atoms with Crippen LogP contribution in [-0.2, 0) is 26.2 Å². The molecule has 1 fully saturated rings. The van der Waals surface area contributed by atoms with Gasteiger partial charge in [0, 0.05) is 24.5 Å². The number of carbonyl (C=O) groups excluding carboxylic acids is 2. The second kappa shape index (κ2) is 8.71. The van der Waals surface area contributed by atoms with Gasteiger partial charge in [-0.2, -0.15) is 0 Å². The van der Waals surface area contributed by atoms with Gasteiger partial charge in [-0.1, -0.05) is 39.0 Å². The first-order chi connectivity index (χ1) is 14.8. The van der Waals surface area contributed by atoms with Gasteiger partial charge in [-0.15, -0.1) is 0 Å². The van der Waals surface area contributed by atoms with E-state index < -0.39 is 0 Å². The van der Waals surface area contributed by atoms with Gasteiger partial charge in [0.2, 0.25) is 0 Å². The molecule has 2 aliphatic rings. The second-order valence-corrected chi connectivity index (χ2v) is 9.20. The van der Waals surface area contributed by atoms with Crippen molar-refractivity contribution in [2.75, 3.05) is 30.0 Å². The molecule has 0 radical (unpaired) electrons. The Balaban J connectivity index is 1.36. The molecule has 2 aromatic rings. The summed E-state index contributed by atoms with van der Waals surface area (Å²) in [6.07, 6.45) is 2.17. The van der Waals surface area contributed by atoms with Crippen LogP contribution in [0, 0.1) is 0 Å². The summed E-state index contributed by atoms with van der Waals surface area (Å²) in [5.41, 5.74) is 3.91. The number of rotatable bonds is 5. The Labute approximate surface area is 183 Å². The zero-order valence-electron chi connectivity index (χ0n) is 18.4. The molecule has 6 nitrogen and oxygen atoms in total. The molecule has 31 heavy (non-hydrogen) atoms. The van der Waals surface area contributed by atoms with E-state index in [1.165, 1.54) is 5.56 Å². The van der Waals surface area contributed by atoms with Crippen LogP contribution < -0.4 is 15.0 Å². The summed E-state index contributed by atoms with van der Waals surface area (Å²) in [5.74, 6) is 0.432. The molecule has 0 aliphatic carbocycles. The number of anilines is 2. The zero-order chi connectivity index (χ0) is 22.0. The highest BCUT2D eigenvalue weighted by Gasteiger charge is 2.32. The molecule has 2 aliphatic heterocycles. The van der Waals surface area contributed by atoms with Crippen molar-refractivity contribution in [2.45, 2.75) is 51.6 Å². The summed E-state index contributed by atoms with van der Waals surface area (Å²) in [5, 5.41) is 2.87.